The minimum Gasteiger partial charge on any atom is -0.480 e. The fraction of sp³-hybridized carbons (Fsp3) is 0.308. The molecule has 1 N–H and O–H groups in total. The highest BCUT2D eigenvalue weighted by molar-refractivity contribution is 7.23. The minimum atomic E-state index is -1.04. The first-order valence-electron chi connectivity index (χ1n) is 6.12. The number of aliphatic carboxylic acids is 1. The van der Waals surface area contributed by atoms with Crippen molar-refractivity contribution in [2.24, 2.45) is 0 Å². The zero-order valence-electron chi connectivity index (χ0n) is 11.4. The highest BCUT2D eigenvalue weighted by Gasteiger charge is 2.23. The number of nitrogens with zero attached hydrogens (tertiary/aromatic N) is 2. The number of hydrogen-bond acceptors (Lipinski definition) is 5. The van der Waals surface area contributed by atoms with Crippen LogP contribution in [0, 0.1) is 0 Å². The van der Waals surface area contributed by atoms with Crippen molar-refractivity contribution in [3.05, 3.63) is 27.5 Å². The summed E-state index contributed by atoms with van der Waals surface area (Å²) in [5.74, 6) is -1.42. The van der Waals surface area contributed by atoms with E-state index in [4.69, 9.17) is 16.7 Å². The number of thiophene rings is 1. The van der Waals surface area contributed by atoms with Gasteiger partial charge in [0.2, 0.25) is 0 Å². The van der Waals surface area contributed by atoms with Crippen LogP contribution in [-0.4, -0.2) is 39.5 Å². The molecular weight excluding hydrogens is 332 g/mol. The van der Waals surface area contributed by atoms with Crippen LogP contribution in [0.3, 0.4) is 0 Å². The molecule has 21 heavy (non-hydrogen) atoms. The van der Waals surface area contributed by atoms with Crippen molar-refractivity contribution in [3.8, 4) is 9.88 Å². The lowest BCUT2D eigenvalue weighted by molar-refractivity contribution is -0.138. The fourth-order valence-corrected chi connectivity index (χ4v) is 3.61. The number of hydrogen-bond donors (Lipinski definition) is 1. The Morgan fingerprint density at radius 1 is 1.43 bits per heavy atom. The van der Waals surface area contributed by atoms with Crippen LogP contribution in [0.5, 0.6) is 0 Å². The van der Waals surface area contributed by atoms with Gasteiger partial charge in [0.05, 0.1) is 9.21 Å². The van der Waals surface area contributed by atoms with E-state index in [0.717, 1.165) is 4.88 Å². The van der Waals surface area contributed by atoms with Gasteiger partial charge in [0.15, 0.2) is 0 Å². The van der Waals surface area contributed by atoms with E-state index >= 15 is 0 Å². The third-order valence-corrected chi connectivity index (χ3v) is 4.94. The van der Waals surface area contributed by atoms with Crippen LogP contribution in [0.4, 0.5) is 0 Å². The first kappa shape index (κ1) is 15.9. The molecule has 0 fully saturated rings. The summed E-state index contributed by atoms with van der Waals surface area (Å²) in [6.45, 7) is 3.20. The Bertz CT molecular complexity index is 666. The first-order valence-corrected chi connectivity index (χ1v) is 8.20. The van der Waals surface area contributed by atoms with Crippen molar-refractivity contribution >= 4 is 46.2 Å². The van der Waals surface area contributed by atoms with Gasteiger partial charge < -0.3 is 10.0 Å². The quantitative estimate of drug-likeness (QED) is 0.901. The van der Waals surface area contributed by atoms with Crippen LogP contribution in [0.2, 0.25) is 4.34 Å². The van der Waals surface area contributed by atoms with E-state index < -0.39 is 5.97 Å². The van der Waals surface area contributed by atoms with E-state index in [1.165, 1.54) is 27.6 Å². The molecule has 0 unspecified atom stereocenters. The second kappa shape index (κ2) is 6.55. The number of aromatic nitrogens is 1. The van der Waals surface area contributed by atoms with Gasteiger partial charge in [-0.2, -0.15) is 0 Å². The summed E-state index contributed by atoms with van der Waals surface area (Å²) in [4.78, 5) is 29.7. The monoisotopic (exact) mass is 344 g/mol. The molecule has 2 heterocycles. The summed E-state index contributed by atoms with van der Waals surface area (Å²) in [5, 5.41) is 11.2. The number of amides is 1. The van der Waals surface area contributed by atoms with E-state index in [-0.39, 0.29) is 24.2 Å². The third-order valence-electron chi connectivity index (χ3n) is 2.70. The second-order valence-corrected chi connectivity index (χ2v) is 7.14. The van der Waals surface area contributed by atoms with Gasteiger partial charge >= 0.3 is 5.97 Å². The lowest BCUT2D eigenvalue weighted by atomic mass is 10.3. The van der Waals surface area contributed by atoms with Crippen molar-refractivity contribution < 1.29 is 14.7 Å². The van der Waals surface area contributed by atoms with E-state index in [1.807, 2.05) is 6.07 Å². The zero-order chi connectivity index (χ0) is 15.6. The molecular formula is C13H13ClN2O3S2. The summed E-state index contributed by atoms with van der Waals surface area (Å²) in [7, 11) is 0. The van der Waals surface area contributed by atoms with Gasteiger partial charge in [-0.1, -0.05) is 11.6 Å². The number of halogens is 1. The summed E-state index contributed by atoms with van der Waals surface area (Å²) < 4.78 is 0.655. The van der Waals surface area contributed by atoms with Crippen LogP contribution in [0.25, 0.3) is 9.88 Å². The number of carbonyl (C=O) groups is 2. The molecule has 0 aliphatic heterocycles. The molecule has 112 valence electrons. The molecule has 0 atom stereocenters. The van der Waals surface area contributed by atoms with Gasteiger partial charge in [0, 0.05) is 11.4 Å². The van der Waals surface area contributed by atoms with Crippen LogP contribution in [0.15, 0.2) is 17.5 Å². The SMILES string of the molecule is CC(C)N(CC(=O)O)C(=O)c1csc(-c2ccc(Cl)s2)n1. The van der Waals surface area contributed by atoms with Gasteiger partial charge in [-0.3, -0.25) is 9.59 Å². The lowest BCUT2D eigenvalue weighted by Gasteiger charge is -2.23. The summed E-state index contributed by atoms with van der Waals surface area (Å²) in [6.07, 6.45) is 0. The van der Waals surface area contributed by atoms with Gasteiger partial charge in [0.25, 0.3) is 5.91 Å². The molecule has 0 aliphatic carbocycles. The third kappa shape index (κ3) is 3.81. The highest BCUT2D eigenvalue weighted by atomic mass is 35.5. The van der Waals surface area contributed by atoms with E-state index in [1.54, 1.807) is 25.3 Å². The van der Waals surface area contributed by atoms with Crippen LogP contribution in [0.1, 0.15) is 24.3 Å². The Kier molecular flexibility index (Phi) is 4.97. The minimum absolute atomic E-state index is 0.213. The number of thiazole rings is 1. The lowest BCUT2D eigenvalue weighted by Crippen LogP contribution is -2.40. The van der Waals surface area contributed by atoms with Gasteiger partial charge in [-0.25, -0.2) is 4.98 Å². The molecule has 0 aromatic carbocycles. The standard InChI is InChI=1S/C13H13ClN2O3S2/c1-7(2)16(5-11(17)18)13(19)8-6-20-12(15-8)9-3-4-10(14)21-9/h3-4,6-7H,5H2,1-2H3,(H,17,18). The van der Waals surface area contributed by atoms with Crippen LogP contribution < -0.4 is 0 Å². The topological polar surface area (TPSA) is 70.5 Å². The fourth-order valence-electron chi connectivity index (χ4n) is 1.70. The number of rotatable bonds is 5. The summed E-state index contributed by atoms with van der Waals surface area (Å²) >= 11 is 8.61. The molecule has 0 radical (unpaired) electrons. The largest absolute Gasteiger partial charge is 0.480 e. The van der Waals surface area contributed by atoms with Crippen molar-refractivity contribution in [2.75, 3.05) is 6.54 Å². The molecule has 0 spiro atoms. The normalized spacial score (nSPS) is 10.9. The molecule has 0 saturated carbocycles. The van der Waals surface area contributed by atoms with Crippen molar-refractivity contribution in [1.29, 1.82) is 0 Å². The Hall–Kier alpha value is -1.44. The summed E-state index contributed by atoms with van der Waals surface area (Å²) in [6, 6.07) is 3.40. The van der Waals surface area contributed by atoms with Crippen molar-refractivity contribution in [2.45, 2.75) is 19.9 Å². The zero-order valence-corrected chi connectivity index (χ0v) is 13.8. The molecule has 8 heteroatoms. The van der Waals surface area contributed by atoms with E-state index in [0.29, 0.717) is 9.34 Å². The summed E-state index contributed by atoms with van der Waals surface area (Å²) in [5.41, 5.74) is 0.259. The van der Waals surface area contributed by atoms with E-state index in [2.05, 4.69) is 4.98 Å². The Balaban J connectivity index is 2.23. The predicted molar refractivity (Wildman–Crippen MR) is 84.2 cm³/mol. The molecule has 0 bridgehead atoms. The van der Waals surface area contributed by atoms with Crippen LogP contribution >= 0.6 is 34.3 Å². The highest BCUT2D eigenvalue weighted by Crippen LogP contribution is 2.33. The number of carbonyl (C=O) groups excluding carboxylic acids is 1. The maximum atomic E-state index is 12.4. The molecule has 5 nitrogen and oxygen atoms in total. The Labute approximate surface area is 134 Å². The van der Waals surface area contributed by atoms with Gasteiger partial charge in [0.1, 0.15) is 17.2 Å². The van der Waals surface area contributed by atoms with Crippen molar-refractivity contribution in [3.63, 3.8) is 0 Å². The smallest absolute Gasteiger partial charge is 0.323 e. The average Bonchev–Trinajstić information content (AvgIpc) is 3.03. The molecule has 0 saturated heterocycles. The Morgan fingerprint density at radius 2 is 2.14 bits per heavy atom. The average molecular weight is 345 g/mol. The predicted octanol–water partition coefficient (Wildman–Crippen LogP) is 3.46. The molecule has 2 aromatic rings. The molecule has 2 aromatic heterocycles. The van der Waals surface area contributed by atoms with Gasteiger partial charge in [-0.15, -0.1) is 22.7 Å². The maximum Gasteiger partial charge on any atom is 0.323 e. The Morgan fingerprint density at radius 3 is 2.67 bits per heavy atom. The molecule has 0 aliphatic rings. The first-order chi connectivity index (χ1) is 9.88. The second-order valence-electron chi connectivity index (χ2n) is 4.56. The number of carboxylic acids is 1. The van der Waals surface area contributed by atoms with Gasteiger partial charge in [-0.05, 0) is 26.0 Å². The maximum absolute atomic E-state index is 12.4. The van der Waals surface area contributed by atoms with E-state index in [9.17, 15) is 9.59 Å². The molecule has 2 rings (SSSR count). The number of carboxylic acid groups (broad SMARTS) is 1. The van der Waals surface area contributed by atoms with Crippen molar-refractivity contribution in [1.82, 2.24) is 9.88 Å². The molecule has 1 amide bonds. The van der Waals surface area contributed by atoms with Crippen LogP contribution in [-0.2, 0) is 4.79 Å².